The van der Waals surface area contributed by atoms with E-state index in [1.165, 1.54) is 6.26 Å². The molecule has 1 aromatic rings. The number of hydrogen-bond donors (Lipinski definition) is 3. The molecule has 3 N–H and O–H groups in total. The standard InChI is InChI=1S/C13H19N3O3/c1-9(15-13(18)11-5-3-7-19-11)12(17)16-10-4-2-6-14-8-10/h3,5,7,9-10,14H,2,4,6,8H2,1H3,(H,15,18)(H,16,17). The van der Waals surface area contributed by atoms with E-state index in [0.717, 1.165) is 25.9 Å². The van der Waals surface area contributed by atoms with E-state index in [4.69, 9.17) is 4.42 Å². The lowest BCUT2D eigenvalue weighted by atomic mass is 10.1. The summed E-state index contributed by atoms with van der Waals surface area (Å²) in [6.45, 7) is 3.44. The Labute approximate surface area is 111 Å². The van der Waals surface area contributed by atoms with Crippen LogP contribution in [0.2, 0.25) is 0 Å². The first-order chi connectivity index (χ1) is 9.16. The molecule has 0 spiro atoms. The summed E-state index contributed by atoms with van der Waals surface area (Å²) in [5.41, 5.74) is 0. The summed E-state index contributed by atoms with van der Waals surface area (Å²) >= 11 is 0. The third kappa shape index (κ3) is 3.82. The number of amides is 2. The summed E-state index contributed by atoms with van der Waals surface area (Å²) < 4.78 is 4.97. The summed E-state index contributed by atoms with van der Waals surface area (Å²) in [5.74, 6) is -0.345. The smallest absolute Gasteiger partial charge is 0.287 e. The molecule has 2 heterocycles. The summed E-state index contributed by atoms with van der Waals surface area (Å²) in [6, 6.07) is 2.75. The molecule has 0 radical (unpaired) electrons. The lowest BCUT2D eigenvalue weighted by molar-refractivity contribution is -0.123. The number of hydrogen-bond acceptors (Lipinski definition) is 4. The van der Waals surface area contributed by atoms with Crippen LogP contribution in [0.5, 0.6) is 0 Å². The van der Waals surface area contributed by atoms with Crippen LogP contribution in [0.4, 0.5) is 0 Å². The second-order valence-electron chi connectivity index (χ2n) is 4.72. The van der Waals surface area contributed by atoms with Gasteiger partial charge in [0, 0.05) is 12.6 Å². The number of rotatable bonds is 4. The van der Waals surface area contributed by atoms with Gasteiger partial charge in [-0.15, -0.1) is 0 Å². The van der Waals surface area contributed by atoms with Crippen LogP contribution in [-0.4, -0.2) is 37.0 Å². The highest BCUT2D eigenvalue weighted by molar-refractivity contribution is 5.95. The van der Waals surface area contributed by atoms with Crippen LogP contribution < -0.4 is 16.0 Å². The van der Waals surface area contributed by atoms with Crippen LogP contribution in [0.1, 0.15) is 30.3 Å². The number of piperidine rings is 1. The molecular weight excluding hydrogens is 246 g/mol. The molecule has 0 aliphatic carbocycles. The zero-order chi connectivity index (χ0) is 13.7. The van der Waals surface area contributed by atoms with Gasteiger partial charge in [-0.25, -0.2) is 0 Å². The molecule has 19 heavy (non-hydrogen) atoms. The molecule has 1 aromatic heterocycles. The molecule has 2 unspecified atom stereocenters. The maximum atomic E-state index is 11.9. The van der Waals surface area contributed by atoms with Gasteiger partial charge in [-0.2, -0.15) is 0 Å². The molecule has 6 heteroatoms. The molecule has 2 rings (SSSR count). The molecule has 0 aromatic carbocycles. The van der Waals surface area contributed by atoms with E-state index in [0.29, 0.717) is 0 Å². The van der Waals surface area contributed by atoms with Crippen molar-refractivity contribution in [3.05, 3.63) is 24.2 Å². The van der Waals surface area contributed by atoms with Crippen molar-refractivity contribution in [2.45, 2.75) is 31.8 Å². The Bertz CT molecular complexity index is 424. The van der Waals surface area contributed by atoms with Crippen molar-refractivity contribution >= 4 is 11.8 Å². The number of furan rings is 1. The highest BCUT2D eigenvalue weighted by atomic mass is 16.3. The van der Waals surface area contributed by atoms with Crippen molar-refractivity contribution in [1.82, 2.24) is 16.0 Å². The van der Waals surface area contributed by atoms with Gasteiger partial charge in [0.25, 0.3) is 5.91 Å². The zero-order valence-corrected chi connectivity index (χ0v) is 10.9. The lowest BCUT2D eigenvalue weighted by Gasteiger charge is -2.25. The normalized spacial score (nSPS) is 20.6. The monoisotopic (exact) mass is 265 g/mol. The molecule has 1 aliphatic heterocycles. The maximum absolute atomic E-state index is 11.9. The second kappa shape index (κ2) is 6.38. The van der Waals surface area contributed by atoms with Crippen molar-refractivity contribution in [1.29, 1.82) is 0 Å². The fourth-order valence-electron chi connectivity index (χ4n) is 2.04. The number of nitrogens with one attached hydrogen (secondary N) is 3. The van der Waals surface area contributed by atoms with E-state index in [-0.39, 0.29) is 23.6 Å². The van der Waals surface area contributed by atoms with Gasteiger partial charge in [0.05, 0.1) is 6.26 Å². The SMILES string of the molecule is CC(NC(=O)c1ccco1)C(=O)NC1CCCNC1. The van der Waals surface area contributed by atoms with E-state index < -0.39 is 6.04 Å². The fourth-order valence-corrected chi connectivity index (χ4v) is 2.04. The van der Waals surface area contributed by atoms with Gasteiger partial charge in [0.2, 0.25) is 5.91 Å². The predicted octanol–water partition coefficient (Wildman–Crippen LogP) is 0.266. The largest absolute Gasteiger partial charge is 0.459 e. The topological polar surface area (TPSA) is 83.4 Å². The van der Waals surface area contributed by atoms with Gasteiger partial charge in [0.1, 0.15) is 6.04 Å². The maximum Gasteiger partial charge on any atom is 0.287 e. The summed E-state index contributed by atoms with van der Waals surface area (Å²) in [5, 5.41) is 8.75. The molecular formula is C13H19N3O3. The molecule has 1 saturated heterocycles. The molecule has 1 fully saturated rings. The Hall–Kier alpha value is -1.82. The first-order valence-corrected chi connectivity index (χ1v) is 6.52. The van der Waals surface area contributed by atoms with Crippen LogP contribution in [-0.2, 0) is 4.79 Å². The van der Waals surface area contributed by atoms with Crippen LogP contribution in [0.3, 0.4) is 0 Å². The Balaban J connectivity index is 1.80. The Morgan fingerprint density at radius 3 is 3.00 bits per heavy atom. The zero-order valence-electron chi connectivity index (χ0n) is 10.9. The molecule has 2 amide bonds. The van der Waals surface area contributed by atoms with E-state index in [9.17, 15) is 9.59 Å². The Morgan fingerprint density at radius 1 is 1.53 bits per heavy atom. The summed E-state index contributed by atoms with van der Waals surface area (Å²) in [7, 11) is 0. The highest BCUT2D eigenvalue weighted by Gasteiger charge is 2.21. The summed E-state index contributed by atoms with van der Waals surface area (Å²) in [6.07, 6.45) is 3.45. The first kappa shape index (κ1) is 13.6. The number of carbonyl (C=O) groups is 2. The van der Waals surface area contributed by atoms with E-state index in [1.807, 2.05) is 0 Å². The Kier molecular flexibility index (Phi) is 4.57. The van der Waals surface area contributed by atoms with Gasteiger partial charge in [-0.05, 0) is 38.4 Å². The van der Waals surface area contributed by atoms with Gasteiger partial charge in [0.15, 0.2) is 5.76 Å². The molecule has 0 bridgehead atoms. The third-order valence-electron chi connectivity index (χ3n) is 3.13. The molecule has 1 aliphatic rings. The van der Waals surface area contributed by atoms with Gasteiger partial charge in [-0.1, -0.05) is 0 Å². The van der Waals surface area contributed by atoms with Crippen LogP contribution in [0, 0.1) is 0 Å². The average molecular weight is 265 g/mol. The number of carbonyl (C=O) groups excluding carboxylic acids is 2. The van der Waals surface area contributed by atoms with Gasteiger partial charge >= 0.3 is 0 Å². The van der Waals surface area contributed by atoms with Crippen molar-refractivity contribution in [2.24, 2.45) is 0 Å². The van der Waals surface area contributed by atoms with E-state index in [2.05, 4.69) is 16.0 Å². The first-order valence-electron chi connectivity index (χ1n) is 6.52. The third-order valence-corrected chi connectivity index (χ3v) is 3.13. The predicted molar refractivity (Wildman–Crippen MR) is 69.7 cm³/mol. The van der Waals surface area contributed by atoms with Crippen molar-refractivity contribution in [3.63, 3.8) is 0 Å². The fraction of sp³-hybridized carbons (Fsp3) is 0.538. The van der Waals surface area contributed by atoms with E-state index >= 15 is 0 Å². The second-order valence-corrected chi connectivity index (χ2v) is 4.72. The summed E-state index contributed by atoms with van der Waals surface area (Å²) in [4.78, 5) is 23.6. The minimum atomic E-state index is -0.584. The van der Waals surface area contributed by atoms with Crippen molar-refractivity contribution in [2.75, 3.05) is 13.1 Å². The highest BCUT2D eigenvalue weighted by Crippen LogP contribution is 2.03. The minimum absolute atomic E-state index is 0.143. The molecule has 6 nitrogen and oxygen atoms in total. The van der Waals surface area contributed by atoms with E-state index in [1.54, 1.807) is 19.1 Å². The molecule has 2 atom stereocenters. The van der Waals surface area contributed by atoms with Gasteiger partial charge in [-0.3, -0.25) is 9.59 Å². The molecule has 0 saturated carbocycles. The van der Waals surface area contributed by atoms with Crippen LogP contribution >= 0.6 is 0 Å². The van der Waals surface area contributed by atoms with Crippen LogP contribution in [0.15, 0.2) is 22.8 Å². The molecule has 104 valence electrons. The van der Waals surface area contributed by atoms with Crippen LogP contribution in [0.25, 0.3) is 0 Å². The van der Waals surface area contributed by atoms with Crippen molar-refractivity contribution < 1.29 is 14.0 Å². The average Bonchev–Trinajstić information content (AvgIpc) is 2.93. The quantitative estimate of drug-likeness (QED) is 0.729. The lowest BCUT2D eigenvalue weighted by Crippen LogP contribution is -2.52. The van der Waals surface area contributed by atoms with Gasteiger partial charge < -0.3 is 20.4 Å². The minimum Gasteiger partial charge on any atom is -0.459 e. The van der Waals surface area contributed by atoms with Crippen molar-refractivity contribution in [3.8, 4) is 0 Å². The Morgan fingerprint density at radius 2 is 2.37 bits per heavy atom.